The average molecular weight is 318 g/mol. The number of rotatable bonds is 3. The zero-order chi connectivity index (χ0) is 14.0. The lowest BCUT2D eigenvalue weighted by Gasteiger charge is -2.14. The molecule has 0 saturated carbocycles. The van der Waals surface area contributed by atoms with Gasteiger partial charge in [0.2, 0.25) is 0 Å². The maximum Gasteiger partial charge on any atom is 0.0517 e. The Balaban J connectivity index is 2.19. The van der Waals surface area contributed by atoms with Crippen LogP contribution in [0.3, 0.4) is 0 Å². The van der Waals surface area contributed by atoms with Gasteiger partial charge >= 0.3 is 0 Å². The first-order valence-corrected chi connectivity index (χ1v) is 7.33. The van der Waals surface area contributed by atoms with Crippen LogP contribution in [-0.2, 0) is 6.54 Å². The summed E-state index contributed by atoms with van der Waals surface area (Å²) in [7, 11) is 0. The van der Waals surface area contributed by atoms with Gasteiger partial charge in [0, 0.05) is 11.0 Å². The van der Waals surface area contributed by atoms with Gasteiger partial charge in [-0.3, -0.25) is 0 Å². The van der Waals surface area contributed by atoms with E-state index in [1.165, 1.54) is 33.5 Å². The minimum absolute atomic E-state index is 0.856. The van der Waals surface area contributed by atoms with E-state index in [-0.39, 0.29) is 0 Å². The second kappa shape index (κ2) is 5.79. The Labute approximate surface area is 124 Å². The van der Waals surface area contributed by atoms with Gasteiger partial charge in [0.05, 0.1) is 5.69 Å². The molecule has 2 aromatic carbocycles. The second-order valence-electron chi connectivity index (χ2n) is 5.22. The average Bonchev–Trinajstić information content (AvgIpc) is 2.30. The molecule has 1 N–H and O–H groups in total. The van der Waals surface area contributed by atoms with Crippen molar-refractivity contribution in [2.24, 2.45) is 0 Å². The maximum absolute atomic E-state index is 3.64. The minimum Gasteiger partial charge on any atom is -0.380 e. The third-order valence-electron chi connectivity index (χ3n) is 3.39. The van der Waals surface area contributed by atoms with Crippen LogP contribution in [0, 0.1) is 27.7 Å². The second-order valence-corrected chi connectivity index (χ2v) is 6.08. The Morgan fingerprint density at radius 2 is 1.58 bits per heavy atom. The molecule has 2 aromatic rings. The SMILES string of the molecule is Cc1ccc(CNc2c(C)cc(C)cc2Br)c(C)c1. The van der Waals surface area contributed by atoms with E-state index in [2.05, 4.69) is 79.3 Å². The molecule has 100 valence electrons. The zero-order valence-corrected chi connectivity index (χ0v) is 13.6. The van der Waals surface area contributed by atoms with Gasteiger partial charge in [0.1, 0.15) is 0 Å². The smallest absolute Gasteiger partial charge is 0.0517 e. The molecule has 19 heavy (non-hydrogen) atoms. The summed E-state index contributed by atoms with van der Waals surface area (Å²) in [6.45, 7) is 9.41. The van der Waals surface area contributed by atoms with Gasteiger partial charge in [-0.1, -0.05) is 29.8 Å². The van der Waals surface area contributed by atoms with E-state index in [0.717, 1.165) is 11.0 Å². The summed E-state index contributed by atoms with van der Waals surface area (Å²) < 4.78 is 1.13. The van der Waals surface area contributed by atoms with Crippen LogP contribution in [0.2, 0.25) is 0 Å². The molecule has 0 aromatic heterocycles. The highest BCUT2D eigenvalue weighted by Gasteiger charge is 2.05. The highest BCUT2D eigenvalue weighted by Crippen LogP contribution is 2.28. The van der Waals surface area contributed by atoms with Crippen molar-refractivity contribution in [3.05, 3.63) is 62.6 Å². The van der Waals surface area contributed by atoms with Crippen LogP contribution >= 0.6 is 15.9 Å². The minimum atomic E-state index is 0.856. The molecule has 0 fully saturated rings. The van der Waals surface area contributed by atoms with E-state index in [9.17, 15) is 0 Å². The van der Waals surface area contributed by atoms with Gasteiger partial charge in [0.25, 0.3) is 0 Å². The Kier molecular flexibility index (Phi) is 4.31. The topological polar surface area (TPSA) is 12.0 Å². The van der Waals surface area contributed by atoms with Crippen LogP contribution in [0.15, 0.2) is 34.8 Å². The van der Waals surface area contributed by atoms with Crippen molar-refractivity contribution in [1.82, 2.24) is 0 Å². The largest absolute Gasteiger partial charge is 0.380 e. The fourth-order valence-corrected chi connectivity index (χ4v) is 3.18. The first-order chi connectivity index (χ1) is 8.97. The maximum atomic E-state index is 3.64. The molecule has 2 rings (SSSR count). The van der Waals surface area contributed by atoms with E-state index < -0.39 is 0 Å². The summed E-state index contributed by atoms with van der Waals surface area (Å²) in [6, 6.07) is 11.0. The summed E-state index contributed by atoms with van der Waals surface area (Å²) in [4.78, 5) is 0. The Morgan fingerprint density at radius 3 is 2.21 bits per heavy atom. The molecular weight excluding hydrogens is 298 g/mol. The van der Waals surface area contributed by atoms with Gasteiger partial charge in [-0.2, -0.15) is 0 Å². The molecule has 0 amide bonds. The Bertz CT molecular complexity index is 579. The molecule has 0 unspecified atom stereocenters. The number of halogens is 1. The highest BCUT2D eigenvalue weighted by atomic mass is 79.9. The summed E-state index contributed by atoms with van der Waals surface area (Å²) in [5.41, 5.74) is 7.74. The first kappa shape index (κ1) is 14.1. The summed E-state index contributed by atoms with van der Waals surface area (Å²) in [6.07, 6.45) is 0. The van der Waals surface area contributed by atoms with Crippen molar-refractivity contribution < 1.29 is 0 Å². The van der Waals surface area contributed by atoms with Crippen LogP contribution in [0.4, 0.5) is 5.69 Å². The van der Waals surface area contributed by atoms with Crippen molar-refractivity contribution in [3.63, 3.8) is 0 Å². The van der Waals surface area contributed by atoms with E-state index in [1.807, 2.05) is 0 Å². The molecule has 0 saturated heterocycles. The summed E-state index contributed by atoms with van der Waals surface area (Å²) in [5, 5.41) is 3.54. The van der Waals surface area contributed by atoms with Gasteiger partial charge in [-0.25, -0.2) is 0 Å². The number of nitrogens with one attached hydrogen (secondary N) is 1. The van der Waals surface area contributed by atoms with E-state index in [1.54, 1.807) is 0 Å². The quantitative estimate of drug-likeness (QED) is 0.810. The molecular formula is C17H20BrN. The van der Waals surface area contributed by atoms with Crippen LogP contribution in [-0.4, -0.2) is 0 Å². The number of hydrogen-bond acceptors (Lipinski definition) is 1. The van der Waals surface area contributed by atoms with Crippen molar-refractivity contribution in [2.75, 3.05) is 5.32 Å². The van der Waals surface area contributed by atoms with Crippen molar-refractivity contribution >= 4 is 21.6 Å². The lowest BCUT2D eigenvalue weighted by Crippen LogP contribution is -2.04. The van der Waals surface area contributed by atoms with Crippen LogP contribution in [0.25, 0.3) is 0 Å². The monoisotopic (exact) mass is 317 g/mol. The molecule has 0 aliphatic heterocycles. The molecule has 0 heterocycles. The number of aryl methyl sites for hydroxylation is 4. The predicted molar refractivity (Wildman–Crippen MR) is 86.9 cm³/mol. The number of benzene rings is 2. The highest BCUT2D eigenvalue weighted by molar-refractivity contribution is 9.10. The Morgan fingerprint density at radius 1 is 0.895 bits per heavy atom. The predicted octanol–water partition coefficient (Wildman–Crippen LogP) is 5.29. The fourth-order valence-electron chi connectivity index (χ4n) is 2.37. The molecule has 1 nitrogen and oxygen atoms in total. The number of hydrogen-bond donors (Lipinski definition) is 1. The molecule has 2 heteroatoms. The standard InChI is InChI=1S/C17H20BrN/c1-11-5-6-15(13(3)7-11)10-19-17-14(4)8-12(2)9-16(17)18/h5-9,19H,10H2,1-4H3. The zero-order valence-electron chi connectivity index (χ0n) is 12.0. The van der Waals surface area contributed by atoms with Crippen LogP contribution < -0.4 is 5.32 Å². The molecule has 0 bridgehead atoms. The van der Waals surface area contributed by atoms with E-state index >= 15 is 0 Å². The van der Waals surface area contributed by atoms with Gasteiger partial charge in [-0.05, 0) is 71.9 Å². The van der Waals surface area contributed by atoms with Crippen LogP contribution in [0.5, 0.6) is 0 Å². The molecule has 0 atom stereocenters. The molecule has 0 aliphatic carbocycles. The third-order valence-corrected chi connectivity index (χ3v) is 4.01. The third kappa shape index (κ3) is 3.38. The van der Waals surface area contributed by atoms with Crippen molar-refractivity contribution in [1.29, 1.82) is 0 Å². The molecule has 0 spiro atoms. The van der Waals surface area contributed by atoms with Gasteiger partial charge in [0.15, 0.2) is 0 Å². The van der Waals surface area contributed by atoms with E-state index in [0.29, 0.717) is 0 Å². The van der Waals surface area contributed by atoms with Gasteiger partial charge in [-0.15, -0.1) is 0 Å². The summed E-state index contributed by atoms with van der Waals surface area (Å²) >= 11 is 3.64. The normalized spacial score (nSPS) is 10.6. The molecule has 0 radical (unpaired) electrons. The van der Waals surface area contributed by atoms with Crippen LogP contribution in [0.1, 0.15) is 27.8 Å². The number of anilines is 1. The fraction of sp³-hybridized carbons (Fsp3) is 0.294. The van der Waals surface area contributed by atoms with Crippen molar-refractivity contribution in [2.45, 2.75) is 34.2 Å². The lowest BCUT2D eigenvalue weighted by molar-refractivity contribution is 1.10. The van der Waals surface area contributed by atoms with Crippen molar-refractivity contribution in [3.8, 4) is 0 Å². The lowest BCUT2D eigenvalue weighted by atomic mass is 10.1. The first-order valence-electron chi connectivity index (χ1n) is 6.54. The summed E-state index contributed by atoms with van der Waals surface area (Å²) in [5.74, 6) is 0. The Hall–Kier alpha value is -1.28. The van der Waals surface area contributed by atoms with Gasteiger partial charge < -0.3 is 5.32 Å². The van der Waals surface area contributed by atoms with E-state index in [4.69, 9.17) is 0 Å². The molecule has 0 aliphatic rings.